The van der Waals surface area contributed by atoms with Crippen LogP contribution >= 0.6 is 0 Å². The SMILES string of the molecule is CC[C@H](C)c1ccc([C@H]([NH2+]CC(=O)Nc2cc(C)on2)C(C)C)cc1. The highest BCUT2D eigenvalue weighted by Gasteiger charge is 2.21. The summed E-state index contributed by atoms with van der Waals surface area (Å²) in [5.41, 5.74) is 2.63. The lowest BCUT2D eigenvalue weighted by Crippen LogP contribution is -2.88. The number of nitrogens with one attached hydrogen (secondary N) is 1. The first-order valence-electron chi connectivity index (χ1n) is 9.07. The van der Waals surface area contributed by atoms with E-state index in [4.69, 9.17) is 4.52 Å². The summed E-state index contributed by atoms with van der Waals surface area (Å²) in [6.45, 7) is 11.0. The summed E-state index contributed by atoms with van der Waals surface area (Å²) in [5, 5.41) is 8.64. The van der Waals surface area contributed by atoms with Crippen LogP contribution in [0.3, 0.4) is 0 Å². The van der Waals surface area contributed by atoms with Crippen molar-refractivity contribution in [3.8, 4) is 0 Å². The van der Waals surface area contributed by atoms with E-state index >= 15 is 0 Å². The van der Waals surface area contributed by atoms with E-state index in [-0.39, 0.29) is 11.9 Å². The molecular weight excluding hydrogens is 314 g/mol. The predicted molar refractivity (Wildman–Crippen MR) is 99.4 cm³/mol. The van der Waals surface area contributed by atoms with E-state index in [1.54, 1.807) is 13.0 Å². The van der Waals surface area contributed by atoms with E-state index in [0.29, 0.717) is 30.0 Å². The van der Waals surface area contributed by atoms with Crippen molar-refractivity contribution in [3.05, 3.63) is 47.2 Å². The number of quaternary nitrogens is 1. The number of aromatic nitrogens is 1. The first-order chi connectivity index (χ1) is 11.9. The van der Waals surface area contributed by atoms with Gasteiger partial charge < -0.3 is 15.2 Å². The fourth-order valence-electron chi connectivity index (χ4n) is 2.93. The number of amides is 1. The molecule has 2 aromatic rings. The molecule has 0 aliphatic rings. The van der Waals surface area contributed by atoms with Crippen LogP contribution < -0.4 is 10.6 Å². The maximum absolute atomic E-state index is 12.1. The molecule has 3 N–H and O–H groups in total. The Labute approximate surface area is 150 Å². The van der Waals surface area contributed by atoms with Gasteiger partial charge in [0.15, 0.2) is 12.4 Å². The van der Waals surface area contributed by atoms with Crippen molar-refractivity contribution in [1.82, 2.24) is 5.16 Å². The molecule has 5 heteroatoms. The predicted octanol–water partition coefficient (Wildman–Crippen LogP) is 3.40. The van der Waals surface area contributed by atoms with Crippen molar-refractivity contribution < 1.29 is 14.6 Å². The number of hydrogen-bond acceptors (Lipinski definition) is 3. The molecule has 0 saturated heterocycles. The second kappa shape index (κ2) is 8.81. The van der Waals surface area contributed by atoms with Crippen LogP contribution in [0.25, 0.3) is 0 Å². The Morgan fingerprint density at radius 3 is 2.36 bits per heavy atom. The number of hydrogen-bond donors (Lipinski definition) is 2. The maximum atomic E-state index is 12.1. The third-order valence-electron chi connectivity index (χ3n) is 4.67. The average molecular weight is 344 g/mol. The molecule has 0 saturated carbocycles. The summed E-state index contributed by atoms with van der Waals surface area (Å²) in [4.78, 5) is 12.1. The molecule has 0 aliphatic heterocycles. The largest absolute Gasteiger partial charge is 0.360 e. The van der Waals surface area contributed by atoms with Crippen molar-refractivity contribution in [2.75, 3.05) is 11.9 Å². The Kier molecular flexibility index (Phi) is 6.76. The van der Waals surface area contributed by atoms with Gasteiger partial charge in [-0.25, -0.2) is 0 Å². The quantitative estimate of drug-likeness (QED) is 0.771. The molecule has 0 unspecified atom stereocenters. The molecule has 5 nitrogen and oxygen atoms in total. The van der Waals surface area contributed by atoms with Gasteiger partial charge in [0.05, 0.1) is 0 Å². The van der Waals surface area contributed by atoms with Crippen LogP contribution in [0.2, 0.25) is 0 Å². The van der Waals surface area contributed by atoms with Gasteiger partial charge in [-0.15, -0.1) is 0 Å². The summed E-state index contributed by atoms with van der Waals surface area (Å²) in [6.07, 6.45) is 1.14. The van der Waals surface area contributed by atoms with E-state index < -0.39 is 0 Å². The van der Waals surface area contributed by atoms with Gasteiger partial charge in [0.2, 0.25) is 0 Å². The Balaban J connectivity index is 1.97. The van der Waals surface area contributed by atoms with Crippen LogP contribution in [0.4, 0.5) is 5.82 Å². The number of benzene rings is 1. The highest BCUT2D eigenvalue weighted by molar-refractivity contribution is 5.90. The molecule has 1 aromatic carbocycles. The highest BCUT2D eigenvalue weighted by Crippen LogP contribution is 2.23. The van der Waals surface area contributed by atoms with Gasteiger partial charge in [0.1, 0.15) is 11.8 Å². The monoisotopic (exact) mass is 344 g/mol. The molecule has 1 heterocycles. The van der Waals surface area contributed by atoms with Gasteiger partial charge >= 0.3 is 0 Å². The summed E-state index contributed by atoms with van der Waals surface area (Å²) in [6, 6.07) is 10.8. The van der Waals surface area contributed by atoms with Crippen molar-refractivity contribution in [2.45, 2.75) is 53.0 Å². The summed E-state index contributed by atoms with van der Waals surface area (Å²) >= 11 is 0. The van der Waals surface area contributed by atoms with Crippen LogP contribution in [0, 0.1) is 12.8 Å². The van der Waals surface area contributed by atoms with E-state index in [1.807, 2.05) is 0 Å². The zero-order chi connectivity index (χ0) is 18.4. The topological polar surface area (TPSA) is 71.7 Å². The van der Waals surface area contributed by atoms with Gasteiger partial charge in [-0.2, -0.15) is 0 Å². The maximum Gasteiger partial charge on any atom is 0.280 e. The number of rotatable bonds is 8. The number of carbonyl (C=O) groups excluding carboxylic acids is 1. The first kappa shape index (κ1) is 19.2. The summed E-state index contributed by atoms with van der Waals surface area (Å²) in [7, 11) is 0. The number of nitrogens with zero attached hydrogens (tertiary/aromatic N) is 1. The van der Waals surface area contributed by atoms with Crippen molar-refractivity contribution >= 4 is 11.7 Å². The van der Waals surface area contributed by atoms with Crippen LogP contribution in [-0.2, 0) is 4.79 Å². The molecule has 2 rings (SSSR count). The second-order valence-electron chi connectivity index (χ2n) is 7.06. The van der Waals surface area contributed by atoms with Crippen LogP contribution in [0.15, 0.2) is 34.9 Å². The summed E-state index contributed by atoms with van der Waals surface area (Å²) < 4.78 is 4.96. The van der Waals surface area contributed by atoms with Crippen molar-refractivity contribution in [1.29, 1.82) is 0 Å². The lowest BCUT2D eigenvalue weighted by molar-refractivity contribution is -0.692. The minimum Gasteiger partial charge on any atom is -0.360 e. The third-order valence-corrected chi connectivity index (χ3v) is 4.67. The number of nitrogens with two attached hydrogens (primary N) is 1. The second-order valence-corrected chi connectivity index (χ2v) is 7.06. The van der Waals surface area contributed by atoms with Crippen molar-refractivity contribution in [2.24, 2.45) is 5.92 Å². The van der Waals surface area contributed by atoms with Gasteiger partial charge in [0, 0.05) is 17.5 Å². The zero-order valence-electron chi connectivity index (χ0n) is 15.9. The minimum atomic E-state index is -0.0739. The van der Waals surface area contributed by atoms with Gasteiger partial charge in [-0.1, -0.05) is 57.1 Å². The number of anilines is 1. The third kappa shape index (κ3) is 5.43. The highest BCUT2D eigenvalue weighted by atomic mass is 16.5. The molecule has 1 aromatic heterocycles. The Bertz CT molecular complexity index is 677. The first-order valence-corrected chi connectivity index (χ1v) is 9.07. The van der Waals surface area contributed by atoms with Gasteiger partial charge in [-0.3, -0.25) is 4.79 Å². The van der Waals surface area contributed by atoms with Gasteiger partial charge in [0.25, 0.3) is 5.91 Å². The molecule has 0 fully saturated rings. The average Bonchev–Trinajstić information content (AvgIpc) is 2.99. The molecular formula is C20H30N3O2+. The fourth-order valence-corrected chi connectivity index (χ4v) is 2.93. The summed E-state index contributed by atoms with van der Waals surface area (Å²) in [5.74, 6) is 2.08. The molecule has 0 spiro atoms. The molecule has 0 aliphatic carbocycles. The minimum absolute atomic E-state index is 0.0739. The van der Waals surface area contributed by atoms with E-state index in [9.17, 15) is 4.79 Å². The number of aryl methyl sites for hydroxylation is 1. The molecule has 136 valence electrons. The van der Waals surface area contributed by atoms with E-state index in [2.05, 4.69) is 67.8 Å². The fraction of sp³-hybridized carbons (Fsp3) is 0.500. The Hall–Kier alpha value is -2.14. The van der Waals surface area contributed by atoms with Crippen LogP contribution in [0.5, 0.6) is 0 Å². The van der Waals surface area contributed by atoms with E-state index in [0.717, 1.165) is 6.42 Å². The van der Waals surface area contributed by atoms with E-state index in [1.165, 1.54) is 11.1 Å². The standard InChI is InChI=1S/C20H29N3O2/c1-6-14(4)16-7-9-17(10-8-16)20(13(2)3)21-12-19(24)22-18-11-15(5)25-23-18/h7-11,13-14,20-21H,6,12H2,1-5H3,(H,22,23,24)/p+1/t14-,20+/m0/s1. The smallest absolute Gasteiger partial charge is 0.280 e. The van der Waals surface area contributed by atoms with Crippen molar-refractivity contribution in [3.63, 3.8) is 0 Å². The van der Waals surface area contributed by atoms with Crippen LogP contribution in [0.1, 0.15) is 63.0 Å². The Morgan fingerprint density at radius 2 is 1.84 bits per heavy atom. The zero-order valence-corrected chi connectivity index (χ0v) is 15.9. The Morgan fingerprint density at radius 1 is 1.20 bits per heavy atom. The van der Waals surface area contributed by atoms with Gasteiger partial charge in [-0.05, 0) is 24.8 Å². The van der Waals surface area contributed by atoms with Crippen LogP contribution in [-0.4, -0.2) is 17.6 Å². The molecule has 0 bridgehead atoms. The molecule has 2 atom stereocenters. The molecule has 0 radical (unpaired) electrons. The lowest BCUT2D eigenvalue weighted by atomic mass is 9.92. The normalized spacial score (nSPS) is 13.7. The molecule has 1 amide bonds. The lowest BCUT2D eigenvalue weighted by Gasteiger charge is -2.20. The number of carbonyl (C=O) groups is 1. The molecule has 25 heavy (non-hydrogen) atoms.